The molecule has 2 aromatic carbocycles. The van der Waals surface area contributed by atoms with Crippen LogP contribution >= 0.6 is 23.2 Å². The van der Waals surface area contributed by atoms with E-state index in [-0.39, 0.29) is 10.8 Å². The minimum absolute atomic E-state index is 0.263. The average molecular weight is 379 g/mol. The topological polar surface area (TPSA) is 88.4 Å². The van der Waals surface area contributed by atoms with Crippen LogP contribution in [0.5, 0.6) is 5.75 Å². The number of carbonyl (C=O) groups is 2. The largest absolute Gasteiger partial charge is 0.480 e. The molecule has 25 heavy (non-hydrogen) atoms. The van der Waals surface area contributed by atoms with Crippen molar-refractivity contribution in [3.05, 3.63) is 58.1 Å². The van der Waals surface area contributed by atoms with Gasteiger partial charge in [-0.05, 0) is 42.5 Å². The molecule has 8 heteroatoms. The van der Waals surface area contributed by atoms with Crippen LogP contribution in [0, 0.1) is 11.3 Å². The molecule has 0 aliphatic rings. The van der Waals surface area contributed by atoms with Crippen LogP contribution in [0.1, 0.15) is 5.56 Å². The summed E-state index contributed by atoms with van der Waals surface area (Å²) in [6.07, 6.45) is 0. The van der Waals surface area contributed by atoms with Crippen molar-refractivity contribution in [3.63, 3.8) is 0 Å². The number of nitrogens with one attached hydrogen (secondary N) is 1. The Morgan fingerprint density at radius 3 is 2.44 bits per heavy atom. The quantitative estimate of drug-likeness (QED) is 0.777. The second-order valence-electron chi connectivity index (χ2n) is 4.76. The molecule has 0 atom stereocenters. The van der Waals surface area contributed by atoms with Gasteiger partial charge in [-0.2, -0.15) is 5.26 Å². The van der Waals surface area contributed by atoms with Crippen LogP contribution in [-0.4, -0.2) is 25.1 Å². The van der Waals surface area contributed by atoms with Gasteiger partial charge in [-0.3, -0.25) is 4.79 Å². The number of hydrogen-bond acceptors (Lipinski definition) is 5. The fraction of sp³-hybridized carbons (Fsp3) is 0.118. The van der Waals surface area contributed by atoms with Crippen LogP contribution in [0.3, 0.4) is 0 Å². The molecule has 0 unspecified atom stereocenters. The van der Waals surface area contributed by atoms with Gasteiger partial charge in [-0.1, -0.05) is 23.2 Å². The van der Waals surface area contributed by atoms with E-state index in [1.807, 2.05) is 6.07 Å². The summed E-state index contributed by atoms with van der Waals surface area (Å²) >= 11 is 11.7. The summed E-state index contributed by atoms with van der Waals surface area (Å²) in [7, 11) is 0. The number of carbonyl (C=O) groups excluding carboxylic acids is 2. The zero-order chi connectivity index (χ0) is 18.2. The first-order valence-corrected chi connectivity index (χ1v) is 7.77. The van der Waals surface area contributed by atoms with Gasteiger partial charge in [0.15, 0.2) is 13.2 Å². The minimum Gasteiger partial charge on any atom is -0.480 e. The normalized spacial score (nSPS) is 9.80. The third-order valence-electron chi connectivity index (χ3n) is 2.90. The molecule has 2 aromatic rings. The highest BCUT2D eigenvalue weighted by Gasteiger charge is 2.10. The molecule has 2 rings (SSSR count). The molecular formula is C17H12Cl2N2O4. The van der Waals surface area contributed by atoms with Gasteiger partial charge in [-0.25, -0.2) is 4.79 Å². The zero-order valence-corrected chi connectivity index (χ0v) is 14.3. The molecule has 1 amide bonds. The molecule has 0 radical (unpaired) electrons. The van der Waals surface area contributed by atoms with Crippen LogP contribution in [0.15, 0.2) is 42.5 Å². The number of hydrogen-bond donors (Lipinski definition) is 1. The maximum atomic E-state index is 11.7. The van der Waals surface area contributed by atoms with Crippen LogP contribution < -0.4 is 10.1 Å². The summed E-state index contributed by atoms with van der Waals surface area (Å²) in [6, 6.07) is 12.8. The summed E-state index contributed by atoms with van der Waals surface area (Å²) in [4.78, 5) is 23.3. The number of benzene rings is 2. The Morgan fingerprint density at radius 2 is 1.80 bits per heavy atom. The first-order chi connectivity index (χ1) is 12.0. The maximum Gasteiger partial charge on any atom is 0.344 e. The molecule has 0 saturated carbocycles. The van der Waals surface area contributed by atoms with E-state index in [0.29, 0.717) is 16.3 Å². The number of rotatable bonds is 6. The van der Waals surface area contributed by atoms with E-state index < -0.39 is 25.1 Å². The Balaban J connectivity index is 1.75. The van der Waals surface area contributed by atoms with Gasteiger partial charge < -0.3 is 14.8 Å². The molecule has 1 N–H and O–H groups in total. The second kappa shape index (κ2) is 8.92. The molecule has 0 spiro atoms. The molecule has 6 nitrogen and oxygen atoms in total. The van der Waals surface area contributed by atoms with Gasteiger partial charge in [0, 0.05) is 10.7 Å². The van der Waals surface area contributed by atoms with Gasteiger partial charge in [0.05, 0.1) is 16.7 Å². The first kappa shape index (κ1) is 18.6. The van der Waals surface area contributed by atoms with Gasteiger partial charge in [0.2, 0.25) is 0 Å². The lowest BCUT2D eigenvalue weighted by Gasteiger charge is -2.09. The van der Waals surface area contributed by atoms with E-state index in [9.17, 15) is 9.59 Å². The predicted molar refractivity (Wildman–Crippen MR) is 92.7 cm³/mol. The Hall–Kier alpha value is -2.75. The van der Waals surface area contributed by atoms with Crippen LogP contribution in [-0.2, 0) is 14.3 Å². The highest BCUT2D eigenvalue weighted by molar-refractivity contribution is 6.35. The molecule has 0 aliphatic carbocycles. The Labute approximate surface area is 153 Å². The van der Waals surface area contributed by atoms with Crippen LogP contribution in [0.4, 0.5) is 5.69 Å². The fourth-order valence-electron chi connectivity index (χ4n) is 1.74. The molecule has 0 aliphatic heterocycles. The van der Waals surface area contributed by atoms with E-state index in [1.165, 1.54) is 12.1 Å². The minimum atomic E-state index is -0.721. The molecule has 0 aromatic heterocycles. The monoisotopic (exact) mass is 378 g/mol. The molecule has 0 heterocycles. The zero-order valence-electron chi connectivity index (χ0n) is 12.8. The molecular weight excluding hydrogens is 367 g/mol. The third kappa shape index (κ3) is 5.99. The molecule has 0 saturated heterocycles. The number of esters is 1. The van der Waals surface area contributed by atoms with Crippen molar-refractivity contribution in [2.75, 3.05) is 18.5 Å². The summed E-state index contributed by atoms with van der Waals surface area (Å²) in [5.41, 5.74) is 0.965. The lowest BCUT2D eigenvalue weighted by molar-refractivity contribution is -0.149. The van der Waals surface area contributed by atoms with Crippen LogP contribution in [0.25, 0.3) is 0 Å². The Kier molecular flexibility index (Phi) is 6.63. The van der Waals surface area contributed by atoms with Crippen molar-refractivity contribution < 1.29 is 19.1 Å². The van der Waals surface area contributed by atoms with E-state index in [1.54, 1.807) is 30.3 Å². The predicted octanol–water partition coefficient (Wildman–Crippen LogP) is 3.43. The first-order valence-electron chi connectivity index (χ1n) is 7.01. The summed E-state index contributed by atoms with van der Waals surface area (Å²) < 4.78 is 10.0. The number of ether oxygens (including phenoxy) is 2. The smallest absolute Gasteiger partial charge is 0.344 e. The molecule has 0 bridgehead atoms. The van der Waals surface area contributed by atoms with Gasteiger partial charge >= 0.3 is 5.97 Å². The van der Waals surface area contributed by atoms with Crippen molar-refractivity contribution in [3.8, 4) is 11.8 Å². The lowest BCUT2D eigenvalue weighted by Crippen LogP contribution is -2.23. The van der Waals surface area contributed by atoms with E-state index in [0.717, 1.165) is 0 Å². The average Bonchev–Trinajstić information content (AvgIpc) is 2.60. The number of amides is 1. The third-order valence-corrected chi connectivity index (χ3v) is 3.43. The number of anilines is 1. The lowest BCUT2D eigenvalue weighted by atomic mass is 10.2. The van der Waals surface area contributed by atoms with Crippen LogP contribution in [0.2, 0.25) is 10.0 Å². The van der Waals surface area contributed by atoms with Gasteiger partial charge in [0.25, 0.3) is 5.91 Å². The standard InChI is InChI=1S/C17H12Cl2N2O4/c18-12-3-6-15(14(19)7-12)24-10-17(23)25-9-16(22)21-13-4-1-11(8-20)2-5-13/h1-7H,9-10H2,(H,21,22). The van der Waals surface area contributed by atoms with Gasteiger partial charge in [-0.15, -0.1) is 0 Å². The van der Waals surface area contributed by atoms with Crippen molar-refractivity contribution in [1.29, 1.82) is 5.26 Å². The highest BCUT2D eigenvalue weighted by atomic mass is 35.5. The Morgan fingerprint density at radius 1 is 1.08 bits per heavy atom. The number of nitrogens with zero attached hydrogens (tertiary/aromatic N) is 1. The van der Waals surface area contributed by atoms with Crippen molar-refractivity contribution in [2.24, 2.45) is 0 Å². The molecule has 128 valence electrons. The van der Waals surface area contributed by atoms with E-state index in [2.05, 4.69) is 5.32 Å². The summed E-state index contributed by atoms with van der Waals surface area (Å²) in [5, 5.41) is 11.9. The summed E-state index contributed by atoms with van der Waals surface area (Å²) in [6.45, 7) is -0.859. The van der Waals surface area contributed by atoms with E-state index >= 15 is 0 Å². The number of nitriles is 1. The number of halogens is 2. The maximum absolute atomic E-state index is 11.7. The SMILES string of the molecule is N#Cc1ccc(NC(=O)COC(=O)COc2ccc(Cl)cc2Cl)cc1. The molecule has 0 fully saturated rings. The Bertz CT molecular complexity index is 816. The fourth-order valence-corrected chi connectivity index (χ4v) is 2.20. The van der Waals surface area contributed by atoms with E-state index in [4.69, 9.17) is 37.9 Å². The van der Waals surface area contributed by atoms with Gasteiger partial charge in [0.1, 0.15) is 5.75 Å². The van der Waals surface area contributed by atoms with Crippen molar-refractivity contribution >= 4 is 40.8 Å². The second-order valence-corrected chi connectivity index (χ2v) is 5.61. The van der Waals surface area contributed by atoms with Crippen molar-refractivity contribution in [2.45, 2.75) is 0 Å². The highest BCUT2D eigenvalue weighted by Crippen LogP contribution is 2.27. The summed E-state index contributed by atoms with van der Waals surface area (Å²) in [5.74, 6) is -0.950. The van der Waals surface area contributed by atoms with Crippen molar-refractivity contribution in [1.82, 2.24) is 0 Å².